The number of ether oxygens (including phenoxy) is 2. The van der Waals surface area contributed by atoms with Gasteiger partial charge < -0.3 is 14.6 Å². The second-order valence-corrected chi connectivity index (χ2v) is 4.81. The van der Waals surface area contributed by atoms with Crippen molar-refractivity contribution in [3.05, 3.63) is 52.0 Å². The highest BCUT2D eigenvalue weighted by molar-refractivity contribution is 6.44. The number of esters is 1. The maximum absolute atomic E-state index is 11.7. The molecule has 0 aliphatic rings. The number of benzene rings is 2. The van der Waals surface area contributed by atoms with Gasteiger partial charge in [-0.05, 0) is 43.3 Å². The average molecular weight is 327 g/mol. The molecule has 0 aliphatic heterocycles. The molecule has 0 atom stereocenters. The third-order valence-electron chi connectivity index (χ3n) is 2.61. The molecule has 1 N–H and O–H groups in total. The molecule has 0 aliphatic carbocycles. The summed E-state index contributed by atoms with van der Waals surface area (Å²) in [5.41, 5.74) is 0.182. The molecule has 0 saturated carbocycles. The molecule has 0 radical (unpaired) electrons. The SMILES string of the molecule is CCOC(=O)c1ccc(Oc2ccc(O)cc2)c(Cl)c1Cl. The molecule has 21 heavy (non-hydrogen) atoms. The van der Waals surface area contributed by atoms with Crippen LogP contribution in [-0.4, -0.2) is 17.7 Å². The molecule has 0 saturated heterocycles. The summed E-state index contributed by atoms with van der Waals surface area (Å²) in [6.45, 7) is 1.95. The van der Waals surface area contributed by atoms with Gasteiger partial charge in [-0.3, -0.25) is 0 Å². The van der Waals surface area contributed by atoms with Crippen molar-refractivity contribution >= 4 is 29.2 Å². The van der Waals surface area contributed by atoms with E-state index in [2.05, 4.69) is 0 Å². The molecule has 0 heterocycles. The lowest BCUT2D eigenvalue weighted by Crippen LogP contribution is -2.05. The summed E-state index contributed by atoms with van der Waals surface area (Å²) in [4.78, 5) is 11.7. The van der Waals surface area contributed by atoms with Gasteiger partial charge >= 0.3 is 5.97 Å². The van der Waals surface area contributed by atoms with E-state index in [-0.39, 0.29) is 28.0 Å². The summed E-state index contributed by atoms with van der Waals surface area (Å²) < 4.78 is 10.4. The first-order valence-corrected chi connectivity index (χ1v) is 6.90. The number of aromatic hydroxyl groups is 1. The Bertz CT molecular complexity index is 653. The second-order valence-electron chi connectivity index (χ2n) is 4.06. The van der Waals surface area contributed by atoms with E-state index in [0.717, 1.165) is 0 Å². The molecule has 0 fully saturated rings. The maximum atomic E-state index is 11.7. The molecular weight excluding hydrogens is 315 g/mol. The van der Waals surface area contributed by atoms with Gasteiger partial charge in [0.2, 0.25) is 0 Å². The van der Waals surface area contributed by atoms with Crippen molar-refractivity contribution in [3.63, 3.8) is 0 Å². The Labute approximate surface area is 131 Å². The Hall–Kier alpha value is -1.91. The highest BCUT2D eigenvalue weighted by atomic mass is 35.5. The number of rotatable bonds is 4. The summed E-state index contributed by atoms with van der Waals surface area (Å²) in [6, 6.07) is 9.16. The molecule has 6 heteroatoms. The van der Waals surface area contributed by atoms with Crippen molar-refractivity contribution in [2.75, 3.05) is 6.61 Å². The van der Waals surface area contributed by atoms with Crippen LogP contribution >= 0.6 is 23.2 Å². The van der Waals surface area contributed by atoms with Crippen molar-refractivity contribution in [2.24, 2.45) is 0 Å². The van der Waals surface area contributed by atoms with Crippen LogP contribution in [0.2, 0.25) is 10.0 Å². The summed E-state index contributed by atoms with van der Waals surface area (Å²) in [5, 5.41) is 9.41. The van der Waals surface area contributed by atoms with E-state index in [1.165, 1.54) is 24.3 Å². The van der Waals surface area contributed by atoms with Crippen molar-refractivity contribution in [2.45, 2.75) is 6.92 Å². The van der Waals surface area contributed by atoms with Crippen LogP contribution in [0.25, 0.3) is 0 Å². The van der Waals surface area contributed by atoms with Crippen LogP contribution in [0.4, 0.5) is 0 Å². The monoisotopic (exact) mass is 326 g/mol. The Balaban J connectivity index is 2.28. The van der Waals surface area contributed by atoms with Gasteiger partial charge in [-0.2, -0.15) is 0 Å². The molecule has 0 aromatic heterocycles. The molecule has 110 valence electrons. The minimum atomic E-state index is -0.541. The maximum Gasteiger partial charge on any atom is 0.339 e. The van der Waals surface area contributed by atoms with Gasteiger partial charge in [-0.15, -0.1) is 0 Å². The number of halogens is 2. The highest BCUT2D eigenvalue weighted by Gasteiger charge is 2.17. The molecule has 4 nitrogen and oxygen atoms in total. The van der Waals surface area contributed by atoms with E-state index in [1.54, 1.807) is 19.1 Å². The van der Waals surface area contributed by atoms with Crippen molar-refractivity contribution in [1.29, 1.82) is 0 Å². The molecule has 2 aromatic carbocycles. The largest absolute Gasteiger partial charge is 0.508 e. The number of phenolic OH excluding ortho intramolecular Hbond substituents is 1. The van der Waals surface area contributed by atoms with Gasteiger partial charge in [-0.25, -0.2) is 4.79 Å². The number of hydrogen-bond donors (Lipinski definition) is 1. The summed E-state index contributed by atoms with van der Waals surface area (Å²) in [7, 11) is 0. The van der Waals surface area contributed by atoms with Gasteiger partial charge in [0.25, 0.3) is 0 Å². The zero-order valence-electron chi connectivity index (χ0n) is 11.1. The van der Waals surface area contributed by atoms with Crippen LogP contribution in [-0.2, 0) is 4.74 Å². The van der Waals surface area contributed by atoms with Gasteiger partial charge in [0.1, 0.15) is 22.3 Å². The number of phenols is 1. The molecule has 0 amide bonds. The van der Waals surface area contributed by atoms with Crippen molar-refractivity contribution < 1.29 is 19.4 Å². The molecule has 0 bridgehead atoms. The molecule has 0 spiro atoms. The van der Waals surface area contributed by atoms with Gasteiger partial charge in [0.05, 0.1) is 17.2 Å². The van der Waals surface area contributed by atoms with Gasteiger partial charge in [-0.1, -0.05) is 23.2 Å². The average Bonchev–Trinajstić information content (AvgIpc) is 2.46. The van der Waals surface area contributed by atoms with Crippen LogP contribution in [0.15, 0.2) is 36.4 Å². The van der Waals surface area contributed by atoms with E-state index >= 15 is 0 Å². The van der Waals surface area contributed by atoms with E-state index in [1.807, 2.05) is 0 Å². The van der Waals surface area contributed by atoms with Crippen LogP contribution in [0.1, 0.15) is 17.3 Å². The van der Waals surface area contributed by atoms with Gasteiger partial charge in [0, 0.05) is 0 Å². The second kappa shape index (κ2) is 6.70. The quantitative estimate of drug-likeness (QED) is 0.829. The third kappa shape index (κ3) is 3.60. The summed E-state index contributed by atoms with van der Waals surface area (Å²) >= 11 is 12.2. The normalized spacial score (nSPS) is 10.2. The first-order chi connectivity index (χ1) is 10.0. The lowest BCUT2D eigenvalue weighted by molar-refractivity contribution is 0.0526. The van der Waals surface area contributed by atoms with E-state index in [9.17, 15) is 9.90 Å². The molecule has 2 rings (SSSR count). The standard InChI is InChI=1S/C15H12Cl2O4/c1-2-20-15(19)11-7-8-12(14(17)13(11)16)21-10-5-3-9(18)4-6-10/h3-8,18H,2H2,1H3. The predicted octanol–water partition coefficient (Wildman–Crippen LogP) is 4.67. The van der Waals surface area contributed by atoms with E-state index in [0.29, 0.717) is 11.5 Å². The van der Waals surface area contributed by atoms with Crippen LogP contribution < -0.4 is 4.74 Å². The highest BCUT2D eigenvalue weighted by Crippen LogP contribution is 2.37. The van der Waals surface area contributed by atoms with Crippen LogP contribution in [0, 0.1) is 0 Å². The first-order valence-electron chi connectivity index (χ1n) is 6.15. The number of hydrogen-bond acceptors (Lipinski definition) is 4. The van der Waals surface area contributed by atoms with Crippen molar-refractivity contribution in [3.8, 4) is 17.2 Å². The van der Waals surface area contributed by atoms with Crippen LogP contribution in [0.3, 0.4) is 0 Å². The fraction of sp³-hybridized carbons (Fsp3) is 0.133. The van der Waals surface area contributed by atoms with Crippen LogP contribution in [0.5, 0.6) is 17.2 Å². The van der Waals surface area contributed by atoms with E-state index < -0.39 is 5.97 Å². The van der Waals surface area contributed by atoms with Crippen molar-refractivity contribution in [1.82, 2.24) is 0 Å². The topological polar surface area (TPSA) is 55.8 Å². The Morgan fingerprint density at radius 1 is 1.10 bits per heavy atom. The Morgan fingerprint density at radius 3 is 2.38 bits per heavy atom. The predicted molar refractivity (Wildman–Crippen MR) is 80.6 cm³/mol. The fourth-order valence-corrected chi connectivity index (χ4v) is 2.05. The fourth-order valence-electron chi connectivity index (χ4n) is 1.62. The van der Waals surface area contributed by atoms with Gasteiger partial charge in [0.15, 0.2) is 0 Å². The number of carbonyl (C=O) groups is 1. The molecule has 2 aromatic rings. The molecule has 0 unspecified atom stereocenters. The Kier molecular flexibility index (Phi) is 4.94. The molecular formula is C15H12Cl2O4. The minimum absolute atomic E-state index is 0.0754. The van der Waals surface area contributed by atoms with E-state index in [4.69, 9.17) is 32.7 Å². The minimum Gasteiger partial charge on any atom is -0.508 e. The first kappa shape index (κ1) is 15.5. The zero-order valence-corrected chi connectivity index (χ0v) is 12.6. The number of carbonyl (C=O) groups excluding carboxylic acids is 1. The summed E-state index contributed by atoms with van der Waals surface area (Å²) in [5.74, 6) is 0.375. The lowest BCUT2D eigenvalue weighted by atomic mass is 10.2. The zero-order chi connectivity index (χ0) is 15.4. The summed E-state index contributed by atoms with van der Waals surface area (Å²) in [6.07, 6.45) is 0. The third-order valence-corrected chi connectivity index (χ3v) is 3.47. The lowest BCUT2D eigenvalue weighted by Gasteiger charge is -2.11. The Morgan fingerprint density at radius 2 is 1.76 bits per heavy atom. The smallest absolute Gasteiger partial charge is 0.339 e.